The van der Waals surface area contributed by atoms with Crippen LogP contribution in [0.15, 0.2) is 14.3 Å². The van der Waals surface area contributed by atoms with Crippen LogP contribution in [0.1, 0.15) is 45.4 Å². The molecule has 0 aliphatic carbocycles. The van der Waals surface area contributed by atoms with Gasteiger partial charge in [0.05, 0.1) is 3.79 Å². The third kappa shape index (κ3) is 4.53. The molecule has 0 radical (unpaired) electrons. The van der Waals surface area contributed by atoms with Crippen molar-refractivity contribution >= 4 is 43.2 Å². The maximum Gasteiger partial charge on any atom is 0.0843 e. The number of nitrogens with one attached hydrogen (secondary N) is 2. The number of halogens is 2. The smallest absolute Gasteiger partial charge is 0.0843 e. The fourth-order valence-corrected chi connectivity index (χ4v) is 5.32. The number of hydrogen-bond acceptors (Lipinski definition) is 3. The van der Waals surface area contributed by atoms with Gasteiger partial charge >= 0.3 is 0 Å². The first-order valence-corrected chi connectivity index (χ1v) is 9.04. The molecule has 108 valence electrons. The topological polar surface area (TPSA) is 24.1 Å². The van der Waals surface area contributed by atoms with Gasteiger partial charge in [-0.2, -0.15) is 0 Å². The van der Waals surface area contributed by atoms with E-state index in [1.807, 2.05) is 0 Å². The number of hydrogen-bond donors (Lipinski definition) is 2. The fraction of sp³-hybridized carbons (Fsp3) is 0.714. The van der Waals surface area contributed by atoms with E-state index in [-0.39, 0.29) is 11.1 Å². The molecule has 0 unspecified atom stereocenters. The van der Waals surface area contributed by atoms with Gasteiger partial charge in [-0.1, -0.05) is 0 Å². The summed E-state index contributed by atoms with van der Waals surface area (Å²) in [6, 6.07) is 2.77. The molecule has 0 saturated carbocycles. The standard InChI is InChI=1S/C14H22Br2N2S/c1-13(2)6-9(7-14(3,4)18-13)17-8-10-5-11(15)12(16)19-10/h5,9,17-18H,6-8H2,1-4H3. The molecule has 0 bridgehead atoms. The molecule has 2 rings (SSSR count). The molecule has 0 atom stereocenters. The third-order valence-corrected chi connectivity index (χ3v) is 6.71. The molecule has 1 aliphatic heterocycles. The van der Waals surface area contributed by atoms with Gasteiger partial charge in [0.15, 0.2) is 0 Å². The third-order valence-electron chi connectivity index (χ3n) is 3.45. The van der Waals surface area contributed by atoms with E-state index >= 15 is 0 Å². The zero-order chi connectivity index (χ0) is 14.3. The van der Waals surface area contributed by atoms with Gasteiger partial charge in [-0.25, -0.2) is 0 Å². The summed E-state index contributed by atoms with van der Waals surface area (Å²) in [4.78, 5) is 1.37. The van der Waals surface area contributed by atoms with Crippen molar-refractivity contribution in [3.05, 3.63) is 19.2 Å². The molecule has 0 spiro atoms. The van der Waals surface area contributed by atoms with E-state index in [1.165, 1.54) is 21.5 Å². The minimum absolute atomic E-state index is 0.204. The van der Waals surface area contributed by atoms with Crippen molar-refractivity contribution < 1.29 is 0 Å². The van der Waals surface area contributed by atoms with Crippen LogP contribution in [0.25, 0.3) is 0 Å². The van der Waals surface area contributed by atoms with Gasteiger partial charge < -0.3 is 10.6 Å². The SMILES string of the molecule is CC1(C)CC(NCc2cc(Br)c(Br)s2)CC(C)(C)N1. The molecular weight excluding hydrogens is 388 g/mol. The van der Waals surface area contributed by atoms with Crippen LogP contribution in [-0.2, 0) is 6.54 Å². The largest absolute Gasteiger partial charge is 0.309 e. The lowest BCUT2D eigenvalue weighted by molar-refractivity contribution is 0.146. The lowest BCUT2D eigenvalue weighted by Crippen LogP contribution is -2.61. The Hall–Kier alpha value is 0.580. The van der Waals surface area contributed by atoms with E-state index in [9.17, 15) is 0 Å². The molecule has 0 amide bonds. The van der Waals surface area contributed by atoms with Crippen molar-refractivity contribution in [3.8, 4) is 0 Å². The van der Waals surface area contributed by atoms with E-state index in [0.29, 0.717) is 6.04 Å². The van der Waals surface area contributed by atoms with Gasteiger partial charge in [-0.15, -0.1) is 11.3 Å². The molecule has 1 aromatic rings. The van der Waals surface area contributed by atoms with Crippen LogP contribution in [-0.4, -0.2) is 17.1 Å². The normalized spacial score (nSPS) is 22.6. The number of rotatable bonds is 3. The van der Waals surface area contributed by atoms with Crippen molar-refractivity contribution in [2.75, 3.05) is 0 Å². The van der Waals surface area contributed by atoms with Crippen LogP contribution in [0.3, 0.4) is 0 Å². The van der Waals surface area contributed by atoms with Crippen LogP contribution >= 0.6 is 43.2 Å². The van der Waals surface area contributed by atoms with E-state index in [0.717, 1.165) is 11.0 Å². The van der Waals surface area contributed by atoms with E-state index in [1.54, 1.807) is 11.3 Å². The summed E-state index contributed by atoms with van der Waals surface area (Å²) in [5, 5.41) is 7.44. The highest BCUT2D eigenvalue weighted by Crippen LogP contribution is 2.33. The minimum Gasteiger partial charge on any atom is -0.309 e. The Labute approximate surface area is 137 Å². The molecule has 1 aromatic heterocycles. The Morgan fingerprint density at radius 1 is 1.26 bits per heavy atom. The first-order valence-electron chi connectivity index (χ1n) is 6.63. The molecule has 0 aromatic carbocycles. The summed E-state index contributed by atoms with van der Waals surface area (Å²) < 4.78 is 2.33. The highest BCUT2D eigenvalue weighted by molar-refractivity contribution is 9.13. The van der Waals surface area contributed by atoms with Gasteiger partial charge in [-0.3, -0.25) is 0 Å². The highest BCUT2D eigenvalue weighted by Gasteiger charge is 2.37. The van der Waals surface area contributed by atoms with E-state index in [2.05, 4.69) is 76.3 Å². The molecule has 1 fully saturated rings. The zero-order valence-electron chi connectivity index (χ0n) is 11.9. The Kier molecular flexibility index (Phi) is 4.84. The zero-order valence-corrected chi connectivity index (χ0v) is 15.9. The van der Waals surface area contributed by atoms with Crippen molar-refractivity contribution in [2.45, 2.75) is 64.2 Å². The Balaban J connectivity index is 1.95. The molecule has 2 nitrogen and oxygen atoms in total. The van der Waals surface area contributed by atoms with Gasteiger partial charge in [0.25, 0.3) is 0 Å². The highest BCUT2D eigenvalue weighted by atomic mass is 79.9. The lowest BCUT2D eigenvalue weighted by atomic mass is 9.79. The second-order valence-electron chi connectivity index (χ2n) is 6.71. The van der Waals surface area contributed by atoms with Gasteiger partial charge in [0.1, 0.15) is 0 Å². The van der Waals surface area contributed by atoms with E-state index in [4.69, 9.17) is 0 Å². The number of piperidine rings is 1. The molecule has 2 heterocycles. The molecule has 2 N–H and O–H groups in total. The van der Waals surface area contributed by atoms with Gasteiger partial charge in [0, 0.05) is 33.0 Å². The first kappa shape index (κ1) is 16.0. The average molecular weight is 410 g/mol. The van der Waals surface area contributed by atoms with Gasteiger partial charge in [0.2, 0.25) is 0 Å². The summed E-state index contributed by atoms with van der Waals surface area (Å²) in [5.74, 6) is 0. The van der Waals surface area contributed by atoms with Crippen molar-refractivity contribution in [1.29, 1.82) is 0 Å². The number of thiophene rings is 1. The van der Waals surface area contributed by atoms with Crippen LogP contribution in [0.4, 0.5) is 0 Å². The predicted octanol–water partition coefficient (Wildman–Crippen LogP) is 4.67. The summed E-state index contributed by atoms with van der Waals surface area (Å²) in [5.41, 5.74) is 0.409. The lowest BCUT2D eigenvalue weighted by Gasteiger charge is -2.46. The van der Waals surface area contributed by atoms with Crippen molar-refractivity contribution in [3.63, 3.8) is 0 Å². The summed E-state index contributed by atoms with van der Waals surface area (Å²) in [6.45, 7) is 10.1. The Morgan fingerprint density at radius 2 is 1.84 bits per heavy atom. The summed E-state index contributed by atoms with van der Waals surface area (Å²) >= 11 is 8.89. The average Bonchev–Trinajstić information content (AvgIpc) is 2.51. The second-order valence-corrected chi connectivity index (χ2v) is 10.0. The predicted molar refractivity (Wildman–Crippen MR) is 90.9 cm³/mol. The summed E-state index contributed by atoms with van der Waals surface area (Å²) in [7, 11) is 0. The fourth-order valence-electron chi connectivity index (χ4n) is 3.19. The Morgan fingerprint density at radius 3 is 2.32 bits per heavy atom. The minimum atomic E-state index is 0.204. The molecule has 19 heavy (non-hydrogen) atoms. The molecule has 5 heteroatoms. The monoisotopic (exact) mass is 408 g/mol. The summed E-state index contributed by atoms with van der Waals surface area (Å²) in [6.07, 6.45) is 2.34. The molecule has 1 aliphatic rings. The molecular formula is C14H22Br2N2S. The van der Waals surface area contributed by atoms with Crippen LogP contribution in [0.5, 0.6) is 0 Å². The second kappa shape index (κ2) is 5.76. The maximum absolute atomic E-state index is 3.72. The first-order chi connectivity index (χ1) is 8.67. The van der Waals surface area contributed by atoms with Gasteiger partial charge in [-0.05, 0) is 78.5 Å². The van der Waals surface area contributed by atoms with Crippen molar-refractivity contribution in [1.82, 2.24) is 10.6 Å². The maximum atomic E-state index is 3.72. The van der Waals surface area contributed by atoms with Crippen LogP contribution in [0.2, 0.25) is 0 Å². The van der Waals surface area contributed by atoms with Crippen LogP contribution < -0.4 is 10.6 Å². The molecule has 1 saturated heterocycles. The van der Waals surface area contributed by atoms with Crippen molar-refractivity contribution in [2.24, 2.45) is 0 Å². The van der Waals surface area contributed by atoms with E-state index < -0.39 is 0 Å². The Bertz CT molecular complexity index is 419. The quantitative estimate of drug-likeness (QED) is 0.757. The van der Waals surface area contributed by atoms with Crippen LogP contribution in [0, 0.1) is 0 Å².